The van der Waals surface area contributed by atoms with Crippen LogP contribution < -0.4 is 15.5 Å². The molecule has 0 aliphatic rings. The van der Waals surface area contributed by atoms with Crippen molar-refractivity contribution in [1.29, 1.82) is 0 Å². The molecule has 1 heterocycles. The zero-order valence-electron chi connectivity index (χ0n) is 13.6. The Labute approximate surface area is 127 Å². The fourth-order valence-electron chi connectivity index (χ4n) is 1.93. The molecule has 1 rings (SSSR count). The fraction of sp³-hybridized carbons (Fsp3) is 0.667. The average molecular weight is 293 g/mol. The molecule has 118 valence electrons. The van der Waals surface area contributed by atoms with Crippen molar-refractivity contribution < 1.29 is 4.79 Å². The van der Waals surface area contributed by atoms with E-state index >= 15 is 0 Å². The van der Waals surface area contributed by atoms with Gasteiger partial charge in [-0.15, -0.1) is 0 Å². The van der Waals surface area contributed by atoms with Gasteiger partial charge in [0, 0.05) is 32.1 Å². The third-order valence-electron chi connectivity index (χ3n) is 3.05. The van der Waals surface area contributed by atoms with E-state index in [1.165, 1.54) is 0 Å². The lowest BCUT2D eigenvalue weighted by Crippen LogP contribution is -2.37. The molecular weight excluding hydrogens is 266 g/mol. The molecule has 0 atom stereocenters. The van der Waals surface area contributed by atoms with Gasteiger partial charge in [-0.1, -0.05) is 13.8 Å². The van der Waals surface area contributed by atoms with Crippen LogP contribution in [0.25, 0.3) is 0 Å². The molecule has 0 radical (unpaired) electrons. The maximum absolute atomic E-state index is 11.8. The summed E-state index contributed by atoms with van der Waals surface area (Å²) in [5.74, 6) is 2.43. The van der Waals surface area contributed by atoms with Crippen LogP contribution in [-0.4, -0.2) is 42.1 Å². The van der Waals surface area contributed by atoms with Crippen LogP contribution in [0, 0.1) is 0 Å². The lowest BCUT2D eigenvalue weighted by molar-refractivity contribution is -0.119. The largest absolute Gasteiger partial charge is 0.370 e. The van der Waals surface area contributed by atoms with Crippen LogP contribution in [0.5, 0.6) is 0 Å². The summed E-state index contributed by atoms with van der Waals surface area (Å²) in [6.07, 6.45) is 1.81. The summed E-state index contributed by atoms with van der Waals surface area (Å²) in [7, 11) is 0. The van der Waals surface area contributed by atoms with Gasteiger partial charge in [0.25, 0.3) is 0 Å². The number of aromatic nitrogens is 2. The predicted octanol–water partition coefficient (Wildman–Crippen LogP) is 1.82. The number of nitrogens with one attached hydrogen (secondary N) is 2. The Morgan fingerprint density at radius 3 is 2.57 bits per heavy atom. The summed E-state index contributed by atoms with van der Waals surface area (Å²) < 4.78 is 0. The van der Waals surface area contributed by atoms with E-state index in [0.717, 1.165) is 43.4 Å². The molecule has 0 saturated carbocycles. The molecule has 0 saturated heterocycles. The van der Waals surface area contributed by atoms with E-state index in [4.69, 9.17) is 0 Å². The first-order chi connectivity index (χ1) is 10.1. The molecule has 1 amide bonds. The zero-order valence-corrected chi connectivity index (χ0v) is 13.6. The van der Waals surface area contributed by atoms with Crippen molar-refractivity contribution in [2.75, 3.05) is 36.4 Å². The van der Waals surface area contributed by atoms with Crippen molar-refractivity contribution in [2.45, 2.75) is 40.5 Å². The molecule has 1 aromatic heterocycles. The van der Waals surface area contributed by atoms with Gasteiger partial charge in [0.2, 0.25) is 5.91 Å². The van der Waals surface area contributed by atoms with Gasteiger partial charge in [-0.05, 0) is 20.3 Å². The molecule has 0 bridgehead atoms. The Kier molecular flexibility index (Phi) is 7.50. The molecular formula is C15H27N5O. The second-order valence-electron chi connectivity index (χ2n) is 4.78. The molecule has 6 nitrogen and oxygen atoms in total. The molecule has 0 fully saturated rings. The van der Waals surface area contributed by atoms with Crippen molar-refractivity contribution in [3.8, 4) is 0 Å². The topological polar surface area (TPSA) is 70.2 Å². The van der Waals surface area contributed by atoms with Gasteiger partial charge in [0.1, 0.15) is 17.5 Å². The number of nitrogens with zero attached hydrogens (tertiary/aromatic N) is 3. The monoisotopic (exact) mass is 293 g/mol. The first kappa shape index (κ1) is 17.2. The minimum atomic E-state index is 0.0130. The van der Waals surface area contributed by atoms with E-state index in [1.54, 1.807) is 0 Å². The lowest BCUT2D eigenvalue weighted by atomic mass is 10.3. The van der Waals surface area contributed by atoms with Gasteiger partial charge in [-0.3, -0.25) is 4.79 Å². The van der Waals surface area contributed by atoms with E-state index in [0.29, 0.717) is 13.1 Å². The number of amides is 1. The minimum Gasteiger partial charge on any atom is -0.370 e. The highest BCUT2D eigenvalue weighted by Gasteiger charge is 2.13. The average Bonchev–Trinajstić information content (AvgIpc) is 2.50. The number of likely N-dealkylation sites (N-methyl/N-ethyl adjacent to an activating group) is 2. The fourth-order valence-corrected chi connectivity index (χ4v) is 1.93. The molecule has 0 unspecified atom stereocenters. The Morgan fingerprint density at radius 1 is 1.24 bits per heavy atom. The third kappa shape index (κ3) is 5.57. The molecule has 0 aromatic carbocycles. The normalized spacial score (nSPS) is 10.3. The van der Waals surface area contributed by atoms with Crippen LogP contribution in [0.3, 0.4) is 0 Å². The highest BCUT2D eigenvalue weighted by molar-refractivity contribution is 5.81. The molecule has 21 heavy (non-hydrogen) atoms. The molecule has 0 aliphatic carbocycles. The first-order valence-electron chi connectivity index (χ1n) is 7.77. The summed E-state index contributed by atoms with van der Waals surface area (Å²) in [4.78, 5) is 22.8. The van der Waals surface area contributed by atoms with Gasteiger partial charge in [-0.25, -0.2) is 9.97 Å². The summed E-state index contributed by atoms with van der Waals surface area (Å²) >= 11 is 0. The quantitative estimate of drug-likeness (QED) is 0.727. The summed E-state index contributed by atoms with van der Waals surface area (Å²) in [5, 5.41) is 6.11. The second-order valence-corrected chi connectivity index (χ2v) is 4.78. The van der Waals surface area contributed by atoms with E-state index in [1.807, 2.05) is 31.7 Å². The number of aryl methyl sites for hydroxylation is 1. The standard InChI is InChI=1S/C15H27N5O/c1-5-9-17-13-10-14(19-12(6-2)18-13)20(8-4)11-15(21)16-7-3/h10H,5-9,11H2,1-4H3,(H,16,21)(H,17,18,19). The third-order valence-corrected chi connectivity index (χ3v) is 3.05. The van der Waals surface area contributed by atoms with Crippen LogP contribution in [-0.2, 0) is 11.2 Å². The van der Waals surface area contributed by atoms with Gasteiger partial charge in [-0.2, -0.15) is 0 Å². The second kappa shape index (κ2) is 9.15. The van der Waals surface area contributed by atoms with Crippen molar-refractivity contribution in [2.24, 2.45) is 0 Å². The van der Waals surface area contributed by atoms with Crippen LogP contribution >= 0.6 is 0 Å². The van der Waals surface area contributed by atoms with Crippen LogP contribution in [0.15, 0.2) is 6.07 Å². The predicted molar refractivity (Wildman–Crippen MR) is 86.8 cm³/mol. The van der Waals surface area contributed by atoms with Crippen molar-refractivity contribution in [3.05, 3.63) is 11.9 Å². The van der Waals surface area contributed by atoms with Crippen molar-refractivity contribution in [3.63, 3.8) is 0 Å². The highest BCUT2D eigenvalue weighted by atomic mass is 16.2. The van der Waals surface area contributed by atoms with Gasteiger partial charge >= 0.3 is 0 Å². The van der Waals surface area contributed by atoms with Crippen LogP contribution in [0.4, 0.5) is 11.6 Å². The number of hydrogen-bond donors (Lipinski definition) is 2. The zero-order chi connectivity index (χ0) is 15.7. The Bertz CT molecular complexity index is 450. The molecule has 0 aliphatic heterocycles. The summed E-state index contributed by atoms with van der Waals surface area (Å²) in [6.45, 7) is 10.6. The maximum Gasteiger partial charge on any atom is 0.239 e. The van der Waals surface area contributed by atoms with E-state index in [2.05, 4.69) is 27.5 Å². The highest BCUT2D eigenvalue weighted by Crippen LogP contribution is 2.16. The summed E-state index contributed by atoms with van der Waals surface area (Å²) in [6, 6.07) is 1.91. The smallest absolute Gasteiger partial charge is 0.239 e. The van der Waals surface area contributed by atoms with Gasteiger partial charge in [0.05, 0.1) is 6.54 Å². The number of anilines is 2. The van der Waals surface area contributed by atoms with E-state index < -0.39 is 0 Å². The number of hydrogen-bond acceptors (Lipinski definition) is 5. The Hall–Kier alpha value is -1.85. The Morgan fingerprint density at radius 2 is 2.00 bits per heavy atom. The maximum atomic E-state index is 11.8. The molecule has 6 heteroatoms. The van der Waals surface area contributed by atoms with Crippen molar-refractivity contribution >= 4 is 17.5 Å². The van der Waals surface area contributed by atoms with E-state index in [-0.39, 0.29) is 5.91 Å². The molecule has 2 N–H and O–H groups in total. The van der Waals surface area contributed by atoms with E-state index in [9.17, 15) is 4.79 Å². The molecule has 0 spiro atoms. The minimum absolute atomic E-state index is 0.0130. The number of rotatable bonds is 9. The lowest BCUT2D eigenvalue weighted by Gasteiger charge is -2.22. The van der Waals surface area contributed by atoms with Crippen LogP contribution in [0.1, 0.15) is 39.9 Å². The van der Waals surface area contributed by atoms with Crippen LogP contribution in [0.2, 0.25) is 0 Å². The SMILES string of the molecule is CCCNc1cc(N(CC)CC(=O)NCC)nc(CC)n1. The van der Waals surface area contributed by atoms with Gasteiger partial charge < -0.3 is 15.5 Å². The van der Waals surface area contributed by atoms with Gasteiger partial charge in [0.15, 0.2) is 0 Å². The number of carbonyl (C=O) groups excluding carboxylic acids is 1. The Balaban J connectivity index is 2.93. The first-order valence-corrected chi connectivity index (χ1v) is 7.77. The summed E-state index contributed by atoms with van der Waals surface area (Å²) in [5.41, 5.74) is 0. The number of carbonyl (C=O) groups is 1. The van der Waals surface area contributed by atoms with Crippen molar-refractivity contribution in [1.82, 2.24) is 15.3 Å². The molecule has 1 aromatic rings.